The maximum atomic E-state index is 4.65. The monoisotopic (exact) mass is 325 g/mol. The van der Waals surface area contributed by atoms with Crippen LogP contribution in [0.15, 0.2) is 16.7 Å². The number of nitrogens with zero attached hydrogens (tertiary/aromatic N) is 2. The van der Waals surface area contributed by atoms with Gasteiger partial charge < -0.3 is 10.2 Å². The first-order valence-electron chi connectivity index (χ1n) is 7.03. The molecule has 1 atom stereocenters. The van der Waals surface area contributed by atoms with Gasteiger partial charge in [-0.15, -0.1) is 0 Å². The van der Waals surface area contributed by atoms with Crippen LogP contribution in [0.4, 0.5) is 5.82 Å². The van der Waals surface area contributed by atoms with Gasteiger partial charge in [0, 0.05) is 40.9 Å². The molecule has 1 unspecified atom stereocenters. The molecule has 4 heteroatoms. The fraction of sp³-hybridized carbons (Fsp3) is 0.667. The summed E-state index contributed by atoms with van der Waals surface area (Å²) in [4.78, 5) is 7.09. The van der Waals surface area contributed by atoms with Crippen LogP contribution in [-0.2, 0) is 6.54 Å². The second-order valence-electron chi connectivity index (χ2n) is 6.42. The Morgan fingerprint density at radius 3 is 2.79 bits per heavy atom. The van der Waals surface area contributed by atoms with E-state index in [0.29, 0.717) is 6.04 Å². The Balaban J connectivity index is 2.22. The topological polar surface area (TPSA) is 28.2 Å². The van der Waals surface area contributed by atoms with E-state index in [1.54, 1.807) is 0 Å². The van der Waals surface area contributed by atoms with Crippen LogP contribution in [-0.4, -0.2) is 23.1 Å². The zero-order valence-corrected chi connectivity index (χ0v) is 13.9. The van der Waals surface area contributed by atoms with Gasteiger partial charge in [0.25, 0.3) is 0 Å². The molecule has 3 nitrogen and oxygen atoms in total. The third kappa shape index (κ3) is 3.93. The number of pyridine rings is 1. The van der Waals surface area contributed by atoms with E-state index in [0.717, 1.165) is 23.4 Å². The third-order valence-electron chi connectivity index (χ3n) is 3.54. The highest BCUT2D eigenvalue weighted by molar-refractivity contribution is 9.10. The molecule has 1 aliphatic rings. The zero-order valence-electron chi connectivity index (χ0n) is 12.3. The van der Waals surface area contributed by atoms with Gasteiger partial charge in [0.15, 0.2) is 0 Å². The Morgan fingerprint density at radius 2 is 2.21 bits per heavy atom. The lowest BCUT2D eigenvalue weighted by molar-refractivity contribution is 0.424. The molecular weight excluding hydrogens is 302 g/mol. The summed E-state index contributed by atoms with van der Waals surface area (Å²) in [6.07, 6.45) is 4.44. The van der Waals surface area contributed by atoms with E-state index >= 15 is 0 Å². The van der Waals surface area contributed by atoms with Gasteiger partial charge in [-0.25, -0.2) is 4.98 Å². The van der Waals surface area contributed by atoms with Gasteiger partial charge in [-0.1, -0.05) is 0 Å². The molecule has 2 heterocycles. The summed E-state index contributed by atoms with van der Waals surface area (Å²) in [6.45, 7) is 10.8. The largest absolute Gasteiger partial charge is 0.354 e. The minimum absolute atomic E-state index is 0.121. The highest BCUT2D eigenvalue weighted by atomic mass is 79.9. The van der Waals surface area contributed by atoms with Gasteiger partial charge in [0.1, 0.15) is 5.82 Å². The lowest BCUT2D eigenvalue weighted by atomic mass is 10.1. The Labute approximate surface area is 124 Å². The van der Waals surface area contributed by atoms with Crippen LogP contribution in [0.3, 0.4) is 0 Å². The second kappa shape index (κ2) is 5.80. The summed E-state index contributed by atoms with van der Waals surface area (Å²) in [5.74, 6) is 1.14. The molecule has 1 saturated heterocycles. The molecule has 0 amide bonds. The Bertz CT molecular complexity index is 440. The Morgan fingerprint density at radius 1 is 1.47 bits per heavy atom. The van der Waals surface area contributed by atoms with Gasteiger partial charge in [-0.3, -0.25) is 0 Å². The van der Waals surface area contributed by atoms with E-state index in [9.17, 15) is 0 Å². The summed E-state index contributed by atoms with van der Waals surface area (Å²) in [7, 11) is 0. The van der Waals surface area contributed by atoms with Crippen molar-refractivity contribution in [2.24, 2.45) is 0 Å². The van der Waals surface area contributed by atoms with Crippen molar-refractivity contribution in [1.82, 2.24) is 10.3 Å². The third-order valence-corrected chi connectivity index (χ3v) is 3.98. The molecule has 1 aliphatic heterocycles. The fourth-order valence-corrected chi connectivity index (χ4v) is 2.85. The minimum Gasteiger partial charge on any atom is -0.354 e. The molecule has 19 heavy (non-hydrogen) atoms. The van der Waals surface area contributed by atoms with E-state index in [4.69, 9.17) is 0 Å². The lowest BCUT2D eigenvalue weighted by Crippen LogP contribution is -2.36. The van der Waals surface area contributed by atoms with Crippen LogP contribution in [0.25, 0.3) is 0 Å². The van der Waals surface area contributed by atoms with Crippen LogP contribution < -0.4 is 10.2 Å². The molecule has 106 valence electrons. The average Bonchev–Trinajstić information content (AvgIpc) is 2.72. The number of halogens is 1. The van der Waals surface area contributed by atoms with Crippen molar-refractivity contribution in [2.75, 3.05) is 11.4 Å². The molecule has 0 bridgehead atoms. The second-order valence-corrected chi connectivity index (χ2v) is 7.34. The van der Waals surface area contributed by atoms with E-state index in [1.165, 1.54) is 18.4 Å². The summed E-state index contributed by atoms with van der Waals surface area (Å²) < 4.78 is 1.05. The van der Waals surface area contributed by atoms with Crippen LogP contribution in [0.1, 0.15) is 46.1 Å². The van der Waals surface area contributed by atoms with Crippen LogP contribution in [0.5, 0.6) is 0 Å². The Kier molecular flexibility index (Phi) is 4.51. The van der Waals surface area contributed by atoms with E-state index in [-0.39, 0.29) is 5.54 Å². The van der Waals surface area contributed by atoms with Crippen molar-refractivity contribution in [3.05, 3.63) is 22.3 Å². The highest BCUT2D eigenvalue weighted by Crippen LogP contribution is 2.28. The molecular formula is C15H24BrN3. The summed E-state index contributed by atoms with van der Waals surface area (Å²) in [5.41, 5.74) is 1.40. The summed E-state index contributed by atoms with van der Waals surface area (Å²) >= 11 is 3.53. The molecule has 0 spiro atoms. The average molecular weight is 326 g/mol. The number of hydrogen-bond acceptors (Lipinski definition) is 3. The van der Waals surface area contributed by atoms with Crippen molar-refractivity contribution in [3.8, 4) is 0 Å². The smallest absolute Gasteiger partial charge is 0.133 e. The first-order chi connectivity index (χ1) is 8.87. The highest BCUT2D eigenvalue weighted by Gasteiger charge is 2.24. The molecule has 1 fully saturated rings. The molecule has 1 aromatic rings. The lowest BCUT2D eigenvalue weighted by Gasteiger charge is -2.27. The molecule has 1 N–H and O–H groups in total. The standard InChI is InChI=1S/C15H24BrN3/c1-11-6-5-7-19(11)14-12(8-13(16)10-17-14)9-18-15(2,3)4/h8,10-11,18H,5-7,9H2,1-4H3. The normalized spacial score (nSPS) is 20.1. The molecule has 0 saturated carbocycles. The summed E-state index contributed by atoms with van der Waals surface area (Å²) in [5, 5.41) is 3.56. The van der Waals surface area contributed by atoms with Crippen LogP contribution in [0.2, 0.25) is 0 Å². The molecule has 2 rings (SSSR count). The quantitative estimate of drug-likeness (QED) is 0.917. The SMILES string of the molecule is CC1CCCN1c1ncc(Br)cc1CNC(C)(C)C. The van der Waals surface area contributed by atoms with E-state index < -0.39 is 0 Å². The zero-order chi connectivity index (χ0) is 14.0. The van der Waals surface area contributed by atoms with Crippen LogP contribution >= 0.6 is 15.9 Å². The van der Waals surface area contributed by atoms with Gasteiger partial charge >= 0.3 is 0 Å². The predicted octanol–water partition coefficient (Wildman–Crippen LogP) is 3.72. The summed E-state index contributed by atoms with van der Waals surface area (Å²) in [6, 6.07) is 2.79. The Hall–Kier alpha value is -0.610. The van der Waals surface area contributed by atoms with E-state index in [2.05, 4.69) is 64.9 Å². The number of aromatic nitrogens is 1. The van der Waals surface area contributed by atoms with Crippen molar-refractivity contribution < 1.29 is 0 Å². The number of nitrogens with one attached hydrogen (secondary N) is 1. The van der Waals surface area contributed by atoms with Crippen molar-refractivity contribution >= 4 is 21.7 Å². The number of anilines is 1. The van der Waals surface area contributed by atoms with Gasteiger partial charge in [0.2, 0.25) is 0 Å². The predicted molar refractivity (Wildman–Crippen MR) is 84.6 cm³/mol. The first-order valence-corrected chi connectivity index (χ1v) is 7.82. The molecule has 0 aliphatic carbocycles. The van der Waals surface area contributed by atoms with Crippen molar-refractivity contribution in [1.29, 1.82) is 0 Å². The number of hydrogen-bond donors (Lipinski definition) is 1. The maximum absolute atomic E-state index is 4.65. The van der Waals surface area contributed by atoms with Gasteiger partial charge in [-0.2, -0.15) is 0 Å². The van der Waals surface area contributed by atoms with Crippen molar-refractivity contribution in [3.63, 3.8) is 0 Å². The van der Waals surface area contributed by atoms with E-state index in [1.807, 2.05) is 6.20 Å². The van der Waals surface area contributed by atoms with Crippen molar-refractivity contribution in [2.45, 2.75) is 58.7 Å². The molecule has 1 aromatic heterocycles. The maximum Gasteiger partial charge on any atom is 0.133 e. The van der Waals surface area contributed by atoms with Gasteiger partial charge in [-0.05, 0) is 62.5 Å². The minimum atomic E-state index is 0.121. The van der Waals surface area contributed by atoms with Gasteiger partial charge in [0.05, 0.1) is 0 Å². The fourth-order valence-electron chi connectivity index (χ4n) is 2.47. The number of rotatable bonds is 3. The molecule has 0 aromatic carbocycles. The first kappa shape index (κ1) is 14.8. The van der Waals surface area contributed by atoms with Crippen LogP contribution in [0, 0.1) is 0 Å². The molecule has 0 radical (unpaired) electrons.